The van der Waals surface area contributed by atoms with Crippen LogP contribution < -0.4 is 4.90 Å². The van der Waals surface area contributed by atoms with Crippen molar-refractivity contribution in [3.05, 3.63) is 29.6 Å². The molecule has 1 aliphatic rings. The molecule has 0 saturated carbocycles. The van der Waals surface area contributed by atoms with Crippen molar-refractivity contribution in [3.63, 3.8) is 0 Å². The van der Waals surface area contributed by atoms with Crippen LogP contribution >= 0.6 is 0 Å². The first-order chi connectivity index (χ1) is 8.63. The summed E-state index contributed by atoms with van der Waals surface area (Å²) < 4.78 is 13.6. The van der Waals surface area contributed by atoms with E-state index in [-0.39, 0.29) is 5.56 Å². The smallest absolute Gasteiger partial charge is 0.155 e. The van der Waals surface area contributed by atoms with Crippen LogP contribution in [0.25, 0.3) is 0 Å². The van der Waals surface area contributed by atoms with E-state index in [0.717, 1.165) is 25.9 Å². The van der Waals surface area contributed by atoms with Crippen molar-refractivity contribution in [1.82, 2.24) is 4.90 Å². The van der Waals surface area contributed by atoms with Gasteiger partial charge < -0.3 is 9.80 Å². The van der Waals surface area contributed by atoms with E-state index in [1.807, 2.05) is 18.0 Å². The number of rotatable bonds is 3. The standard InChI is InChI=1S/C14H19FN2O/c1-16-8-6-11(7-9-16)17(2)14-5-3-4-13(15)12(14)10-18/h3-5,10-11H,6-9H2,1-2H3. The molecule has 0 spiro atoms. The van der Waals surface area contributed by atoms with E-state index in [0.29, 0.717) is 18.0 Å². The van der Waals surface area contributed by atoms with Crippen LogP contribution in [-0.2, 0) is 0 Å². The van der Waals surface area contributed by atoms with Gasteiger partial charge in [0, 0.05) is 13.1 Å². The number of hydrogen-bond donors (Lipinski definition) is 0. The quantitative estimate of drug-likeness (QED) is 0.768. The number of likely N-dealkylation sites (tertiary alicyclic amines) is 1. The summed E-state index contributed by atoms with van der Waals surface area (Å²) >= 11 is 0. The van der Waals surface area contributed by atoms with Gasteiger partial charge in [-0.05, 0) is 45.1 Å². The molecule has 0 aliphatic carbocycles. The average Bonchev–Trinajstić information content (AvgIpc) is 2.38. The van der Waals surface area contributed by atoms with Crippen molar-refractivity contribution in [2.75, 3.05) is 32.1 Å². The molecule has 0 unspecified atom stereocenters. The predicted molar refractivity (Wildman–Crippen MR) is 70.7 cm³/mol. The fourth-order valence-corrected chi connectivity index (χ4v) is 2.53. The maximum atomic E-state index is 13.6. The number of aldehydes is 1. The molecule has 0 N–H and O–H groups in total. The number of anilines is 1. The lowest BCUT2D eigenvalue weighted by Crippen LogP contribution is -2.42. The first-order valence-corrected chi connectivity index (χ1v) is 6.28. The molecule has 0 amide bonds. The molecule has 1 heterocycles. The molecule has 0 atom stereocenters. The van der Waals surface area contributed by atoms with Gasteiger partial charge in [0.1, 0.15) is 5.82 Å². The van der Waals surface area contributed by atoms with Gasteiger partial charge in [0.25, 0.3) is 0 Å². The summed E-state index contributed by atoms with van der Waals surface area (Å²) in [6.45, 7) is 2.08. The molecule has 2 rings (SSSR count). The Kier molecular flexibility index (Phi) is 3.97. The molecule has 98 valence electrons. The third-order valence-electron chi connectivity index (χ3n) is 3.76. The number of benzene rings is 1. The van der Waals surface area contributed by atoms with Crippen molar-refractivity contribution in [2.24, 2.45) is 0 Å². The van der Waals surface area contributed by atoms with Gasteiger partial charge in [0.05, 0.1) is 11.3 Å². The third kappa shape index (κ3) is 2.53. The number of hydrogen-bond acceptors (Lipinski definition) is 3. The van der Waals surface area contributed by atoms with Crippen LogP contribution in [-0.4, -0.2) is 44.4 Å². The van der Waals surface area contributed by atoms with E-state index in [4.69, 9.17) is 0 Å². The van der Waals surface area contributed by atoms with Crippen LogP contribution in [0.15, 0.2) is 18.2 Å². The summed E-state index contributed by atoms with van der Waals surface area (Å²) in [6.07, 6.45) is 2.69. The Hall–Kier alpha value is -1.42. The van der Waals surface area contributed by atoms with Gasteiger partial charge in [-0.2, -0.15) is 0 Å². The Labute approximate surface area is 107 Å². The highest BCUT2D eigenvalue weighted by atomic mass is 19.1. The molecule has 1 aromatic carbocycles. The fraction of sp³-hybridized carbons (Fsp3) is 0.500. The molecule has 0 aromatic heterocycles. The van der Waals surface area contributed by atoms with E-state index in [2.05, 4.69) is 11.9 Å². The lowest BCUT2D eigenvalue weighted by molar-refractivity contribution is 0.112. The highest BCUT2D eigenvalue weighted by Gasteiger charge is 2.23. The summed E-state index contributed by atoms with van der Waals surface area (Å²) in [7, 11) is 4.05. The van der Waals surface area contributed by atoms with E-state index < -0.39 is 5.82 Å². The van der Waals surface area contributed by atoms with Gasteiger partial charge in [-0.1, -0.05) is 6.07 Å². The summed E-state index contributed by atoms with van der Waals surface area (Å²) in [4.78, 5) is 15.3. The Morgan fingerprint density at radius 1 is 1.39 bits per heavy atom. The molecule has 1 fully saturated rings. The summed E-state index contributed by atoms with van der Waals surface area (Å²) in [6, 6.07) is 5.17. The third-order valence-corrected chi connectivity index (χ3v) is 3.76. The summed E-state index contributed by atoms with van der Waals surface area (Å²) in [5.41, 5.74) is 0.860. The number of piperidine rings is 1. The van der Waals surface area contributed by atoms with Crippen molar-refractivity contribution >= 4 is 12.0 Å². The van der Waals surface area contributed by atoms with E-state index in [1.54, 1.807) is 6.07 Å². The van der Waals surface area contributed by atoms with Crippen LogP contribution in [0.5, 0.6) is 0 Å². The first kappa shape index (κ1) is 13.0. The Morgan fingerprint density at radius 3 is 2.67 bits per heavy atom. The van der Waals surface area contributed by atoms with Crippen molar-refractivity contribution in [1.29, 1.82) is 0 Å². The van der Waals surface area contributed by atoms with Crippen LogP contribution in [0.3, 0.4) is 0 Å². The van der Waals surface area contributed by atoms with E-state index in [9.17, 15) is 9.18 Å². The molecule has 1 aliphatic heterocycles. The molecule has 3 nitrogen and oxygen atoms in total. The van der Waals surface area contributed by atoms with Gasteiger partial charge in [-0.15, -0.1) is 0 Å². The SMILES string of the molecule is CN1CCC(N(C)c2cccc(F)c2C=O)CC1. The molecule has 18 heavy (non-hydrogen) atoms. The zero-order valence-corrected chi connectivity index (χ0v) is 10.9. The number of carbonyl (C=O) groups excluding carboxylic acids is 1. The van der Waals surface area contributed by atoms with Gasteiger partial charge in [0.2, 0.25) is 0 Å². The van der Waals surface area contributed by atoms with Crippen LogP contribution in [0, 0.1) is 5.82 Å². The lowest BCUT2D eigenvalue weighted by Gasteiger charge is -2.36. The van der Waals surface area contributed by atoms with Crippen molar-refractivity contribution < 1.29 is 9.18 Å². The zero-order valence-electron chi connectivity index (χ0n) is 10.9. The lowest BCUT2D eigenvalue weighted by atomic mass is 10.0. The molecular formula is C14H19FN2O. The summed E-state index contributed by atoms with van der Waals surface area (Å²) in [5.74, 6) is -0.442. The predicted octanol–water partition coefficient (Wildman–Crippen LogP) is 2.17. The highest BCUT2D eigenvalue weighted by Crippen LogP contribution is 2.25. The minimum atomic E-state index is -0.442. The van der Waals surface area contributed by atoms with Crippen LogP contribution in [0.1, 0.15) is 23.2 Å². The Morgan fingerprint density at radius 2 is 2.06 bits per heavy atom. The maximum Gasteiger partial charge on any atom is 0.155 e. The molecular weight excluding hydrogens is 231 g/mol. The second-order valence-corrected chi connectivity index (χ2v) is 4.94. The minimum absolute atomic E-state index is 0.166. The van der Waals surface area contributed by atoms with Gasteiger partial charge in [0.15, 0.2) is 6.29 Å². The topological polar surface area (TPSA) is 23.6 Å². The fourth-order valence-electron chi connectivity index (χ4n) is 2.53. The highest BCUT2D eigenvalue weighted by molar-refractivity contribution is 5.85. The first-order valence-electron chi connectivity index (χ1n) is 6.28. The second-order valence-electron chi connectivity index (χ2n) is 4.94. The van der Waals surface area contributed by atoms with Crippen molar-refractivity contribution in [3.8, 4) is 0 Å². The maximum absolute atomic E-state index is 13.6. The van der Waals surface area contributed by atoms with Gasteiger partial charge in [-0.3, -0.25) is 4.79 Å². The molecule has 0 bridgehead atoms. The number of halogens is 1. The molecule has 1 saturated heterocycles. The van der Waals surface area contributed by atoms with Crippen molar-refractivity contribution in [2.45, 2.75) is 18.9 Å². The monoisotopic (exact) mass is 250 g/mol. The normalized spacial score (nSPS) is 17.7. The average molecular weight is 250 g/mol. The zero-order chi connectivity index (χ0) is 13.1. The molecule has 1 aromatic rings. The second kappa shape index (κ2) is 5.48. The van der Waals surface area contributed by atoms with Gasteiger partial charge >= 0.3 is 0 Å². The Balaban J connectivity index is 2.20. The van der Waals surface area contributed by atoms with E-state index in [1.165, 1.54) is 6.07 Å². The van der Waals surface area contributed by atoms with Crippen LogP contribution in [0.4, 0.5) is 10.1 Å². The largest absolute Gasteiger partial charge is 0.371 e. The van der Waals surface area contributed by atoms with Gasteiger partial charge in [-0.25, -0.2) is 4.39 Å². The van der Waals surface area contributed by atoms with E-state index >= 15 is 0 Å². The number of carbonyl (C=O) groups is 1. The summed E-state index contributed by atoms with van der Waals surface area (Å²) in [5, 5.41) is 0. The molecule has 4 heteroatoms. The minimum Gasteiger partial charge on any atom is -0.371 e. The molecule has 0 radical (unpaired) electrons. The van der Waals surface area contributed by atoms with Crippen LogP contribution in [0.2, 0.25) is 0 Å². The number of nitrogens with zero attached hydrogens (tertiary/aromatic N) is 2. The Bertz CT molecular complexity index is 428.